The highest BCUT2D eigenvalue weighted by molar-refractivity contribution is 5.65. The Balaban J connectivity index is 2.27. The maximum atomic E-state index is 5.78. The Morgan fingerprint density at radius 1 is 1.53 bits per heavy atom. The van der Waals surface area contributed by atoms with Gasteiger partial charge in [-0.25, -0.2) is 4.98 Å². The minimum atomic E-state index is -0.206. The first-order valence-electron chi connectivity index (χ1n) is 5.38. The highest BCUT2D eigenvalue weighted by atomic mass is 16.5. The summed E-state index contributed by atoms with van der Waals surface area (Å²) in [5, 5.41) is 3.85. The number of nitrogen functional groups attached to an aromatic ring is 1. The third kappa shape index (κ3) is 2.42. The van der Waals surface area contributed by atoms with Gasteiger partial charge in [0.25, 0.3) is 5.89 Å². The topological polar surface area (TPSA) is 87.1 Å². The standard InChI is InChI=1S/C11H14N4O2/c1-3-16-7(2)10-14-11(17-15-10)9-8(12)5-4-6-13-9/h4-7H,3,12H2,1-2H3. The third-order valence-corrected chi connectivity index (χ3v) is 2.26. The molecule has 0 bridgehead atoms. The van der Waals surface area contributed by atoms with E-state index in [1.807, 2.05) is 13.8 Å². The molecule has 2 rings (SSSR count). The van der Waals surface area contributed by atoms with Crippen LogP contribution in [0.15, 0.2) is 22.9 Å². The molecule has 2 heterocycles. The number of hydrogen-bond donors (Lipinski definition) is 1. The number of ether oxygens (including phenoxy) is 1. The van der Waals surface area contributed by atoms with Crippen molar-refractivity contribution in [3.05, 3.63) is 24.2 Å². The quantitative estimate of drug-likeness (QED) is 0.868. The molecule has 0 aliphatic carbocycles. The second kappa shape index (κ2) is 4.92. The van der Waals surface area contributed by atoms with Crippen molar-refractivity contribution in [2.24, 2.45) is 0 Å². The molecule has 0 aromatic carbocycles. The van der Waals surface area contributed by atoms with Crippen molar-refractivity contribution in [1.29, 1.82) is 0 Å². The average Bonchev–Trinajstić information content (AvgIpc) is 2.79. The van der Waals surface area contributed by atoms with E-state index in [9.17, 15) is 0 Å². The van der Waals surface area contributed by atoms with Crippen molar-refractivity contribution < 1.29 is 9.26 Å². The predicted octanol–water partition coefficient (Wildman–Crippen LogP) is 1.81. The Labute approximate surface area is 98.8 Å². The van der Waals surface area contributed by atoms with Gasteiger partial charge in [0, 0.05) is 12.8 Å². The van der Waals surface area contributed by atoms with Crippen LogP contribution in [0.2, 0.25) is 0 Å². The highest BCUT2D eigenvalue weighted by Crippen LogP contribution is 2.23. The Hall–Kier alpha value is -1.95. The van der Waals surface area contributed by atoms with Gasteiger partial charge in [-0.1, -0.05) is 5.16 Å². The predicted molar refractivity (Wildman–Crippen MR) is 62.0 cm³/mol. The van der Waals surface area contributed by atoms with Crippen LogP contribution in [0.3, 0.4) is 0 Å². The smallest absolute Gasteiger partial charge is 0.278 e. The van der Waals surface area contributed by atoms with Crippen molar-refractivity contribution in [3.8, 4) is 11.6 Å². The molecule has 0 saturated carbocycles. The van der Waals surface area contributed by atoms with Crippen LogP contribution in [-0.2, 0) is 4.74 Å². The molecular formula is C11H14N4O2. The molecule has 0 aliphatic rings. The lowest BCUT2D eigenvalue weighted by Crippen LogP contribution is -2.01. The van der Waals surface area contributed by atoms with Crippen LogP contribution in [-0.4, -0.2) is 21.7 Å². The largest absolute Gasteiger partial charge is 0.397 e. The molecule has 1 atom stereocenters. The third-order valence-electron chi connectivity index (χ3n) is 2.26. The van der Waals surface area contributed by atoms with Gasteiger partial charge in [0.15, 0.2) is 5.69 Å². The van der Waals surface area contributed by atoms with Gasteiger partial charge in [0.2, 0.25) is 5.82 Å². The van der Waals surface area contributed by atoms with Crippen LogP contribution in [0.4, 0.5) is 5.69 Å². The van der Waals surface area contributed by atoms with Gasteiger partial charge in [-0.3, -0.25) is 0 Å². The summed E-state index contributed by atoms with van der Waals surface area (Å²) in [5.41, 5.74) is 6.78. The number of nitrogens with zero attached hydrogens (tertiary/aromatic N) is 3. The van der Waals surface area contributed by atoms with E-state index in [-0.39, 0.29) is 6.10 Å². The molecule has 1 unspecified atom stereocenters. The summed E-state index contributed by atoms with van der Waals surface area (Å²) in [6, 6.07) is 3.48. The summed E-state index contributed by atoms with van der Waals surface area (Å²) in [6.07, 6.45) is 1.42. The molecule has 2 aromatic rings. The van der Waals surface area contributed by atoms with Crippen LogP contribution >= 0.6 is 0 Å². The zero-order valence-electron chi connectivity index (χ0n) is 9.75. The lowest BCUT2D eigenvalue weighted by Gasteiger charge is -2.04. The number of anilines is 1. The lowest BCUT2D eigenvalue weighted by molar-refractivity contribution is 0.0683. The molecule has 0 aliphatic heterocycles. The van der Waals surface area contributed by atoms with Crippen LogP contribution < -0.4 is 5.73 Å². The molecule has 6 nitrogen and oxygen atoms in total. The van der Waals surface area contributed by atoms with Crippen molar-refractivity contribution in [2.45, 2.75) is 20.0 Å². The number of nitrogens with two attached hydrogens (primary N) is 1. The molecule has 0 fully saturated rings. The van der Waals surface area contributed by atoms with Gasteiger partial charge >= 0.3 is 0 Å². The van der Waals surface area contributed by atoms with Gasteiger partial charge in [0.1, 0.15) is 6.10 Å². The normalized spacial score (nSPS) is 12.6. The first-order valence-corrected chi connectivity index (χ1v) is 5.38. The van der Waals surface area contributed by atoms with Crippen LogP contribution in [0.25, 0.3) is 11.6 Å². The zero-order valence-corrected chi connectivity index (χ0v) is 9.75. The number of pyridine rings is 1. The monoisotopic (exact) mass is 234 g/mol. The van der Waals surface area contributed by atoms with E-state index in [0.717, 1.165) is 0 Å². The van der Waals surface area contributed by atoms with E-state index in [4.69, 9.17) is 15.0 Å². The summed E-state index contributed by atoms with van der Waals surface area (Å²) in [5.74, 6) is 0.802. The van der Waals surface area contributed by atoms with E-state index in [0.29, 0.717) is 29.7 Å². The molecule has 2 aromatic heterocycles. The number of hydrogen-bond acceptors (Lipinski definition) is 6. The van der Waals surface area contributed by atoms with Crippen molar-refractivity contribution >= 4 is 5.69 Å². The fraction of sp³-hybridized carbons (Fsp3) is 0.364. The first-order chi connectivity index (χ1) is 8.22. The molecule has 0 radical (unpaired) electrons. The van der Waals surface area contributed by atoms with E-state index >= 15 is 0 Å². The molecule has 0 spiro atoms. The zero-order chi connectivity index (χ0) is 12.3. The molecule has 0 saturated heterocycles. The fourth-order valence-corrected chi connectivity index (χ4v) is 1.42. The first kappa shape index (κ1) is 11.5. The summed E-state index contributed by atoms with van der Waals surface area (Å²) in [7, 11) is 0. The van der Waals surface area contributed by atoms with Crippen molar-refractivity contribution in [1.82, 2.24) is 15.1 Å². The molecule has 2 N–H and O–H groups in total. The van der Waals surface area contributed by atoms with E-state index < -0.39 is 0 Å². The summed E-state index contributed by atoms with van der Waals surface area (Å²) in [4.78, 5) is 8.32. The van der Waals surface area contributed by atoms with Gasteiger partial charge in [-0.05, 0) is 26.0 Å². The lowest BCUT2D eigenvalue weighted by atomic mass is 10.3. The van der Waals surface area contributed by atoms with Gasteiger partial charge in [-0.15, -0.1) is 0 Å². The van der Waals surface area contributed by atoms with E-state index in [1.165, 1.54) is 0 Å². The Kier molecular flexibility index (Phi) is 3.34. The summed E-state index contributed by atoms with van der Waals surface area (Å²) < 4.78 is 10.5. The maximum Gasteiger partial charge on any atom is 0.278 e. The van der Waals surface area contributed by atoms with Crippen molar-refractivity contribution in [3.63, 3.8) is 0 Å². The molecule has 0 amide bonds. The minimum absolute atomic E-state index is 0.206. The Bertz CT molecular complexity index is 498. The minimum Gasteiger partial charge on any atom is -0.397 e. The summed E-state index contributed by atoms with van der Waals surface area (Å²) in [6.45, 7) is 4.37. The van der Waals surface area contributed by atoms with Crippen molar-refractivity contribution in [2.75, 3.05) is 12.3 Å². The average molecular weight is 234 g/mol. The van der Waals surface area contributed by atoms with Crippen LogP contribution in [0.1, 0.15) is 25.8 Å². The molecule has 17 heavy (non-hydrogen) atoms. The molecule has 6 heteroatoms. The van der Waals surface area contributed by atoms with Crippen LogP contribution in [0.5, 0.6) is 0 Å². The van der Waals surface area contributed by atoms with Gasteiger partial charge in [0.05, 0.1) is 5.69 Å². The Morgan fingerprint density at radius 2 is 2.35 bits per heavy atom. The van der Waals surface area contributed by atoms with E-state index in [2.05, 4.69) is 15.1 Å². The van der Waals surface area contributed by atoms with E-state index in [1.54, 1.807) is 18.3 Å². The SMILES string of the molecule is CCOC(C)c1noc(-c2ncccc2N)n1. The van der Waals surface area contributed by atoms with Gasteiger partial charge < -0.3 is 15.0 Å². The number of rotatable bonds is 4. The van der Waals surface area contributed by atoms with Gasteiger partial charge in [-0.2, -0.15) is 4.98 Å². The second-order valence-electron chi connectivity index (χ2n) is 3.50. The fourth-order valence-electron chi connectivity index (χ4n) is 1.42. The second-order valence-corrected chi connectivity index (χ2v) is 3.50. The Morgan fingerprint density at radius 3 is 3.06 bits per heavy atom. The molecule has 90 valence electrons. The highest BCUT2D eigenvalue weighted by Gasteiger charge is 2.16. The summed E-state index contributed by atoms with van der Waals surface area (Å²) >= 11 is 0. The maximum absolute atomic E-state index is 5.78. The van der Waals surface area contributed by atoms with Crippen LogP contribution in [0, 0.1) is 0 Å². The molecular weight excluding hydrogens is 220 g/mol. The number of aromatic nitrogens is 3.